The predicted molar refractivity (Wildman–Crippen MR) is 84.6 cm³/mol. The van der Waals surface area contributed by atoms with Gasteiger partial charge in [-0.25, -0.2) is 0 Å². The summed E-state index contributed by atoms with van der Waals surface area (Å²) in [6.45, 7) is 11.1. The fraction of sp³-hybridized carbons (Fsp3) is 0.647. The molecule has 0 heterocycles. The van der Waals surface area contributed by atoms with Gasteiger partial charge in [0, 0.05) is 6.04 Å². The Balaban J connectivity index is 2.46. The van der Waals surface area contributed by atoms with Crippen LogP contribution in [-0.4, -0.2) is 25.8 Å². The number of ether oxygens (including phenoxy) is 2. The van der Waals surface area contributed by atoms with Gasteiger partial charge in [0.15, 0.2) is 11.5 Å². The maximum absolute atomic E-state index is 5.90. The Bertz CT molecular complexity index is 368. The van der Waals surface area contributed by atoms with E-state index in [0.29, 0.717) is 18.6 Å². The summed E-state index contributed by atoms with van der Waals surface area (Å²) in [6.07, 6.45) is 2.23. The molecule has 3 heteroatoms. The summed E-state index contributed by atoms with van der Waals surface area (Å²) in [5.41, 5.74) is 0. The van der Waals surface area contributed by atoms with Gasteiger partial charge < -0.3 is 14.8 Å². The first-order valence-corrected chi connectivity index (χ1v) is 7.80. The predicted octanol–water partition coefficient (Wildman–Crippen LogP) is 3.88. The molecule has 0 aromatic heterocycles. The Morgan fingerprint density at radius 1 is 1.05 bits per heavy atom. The third-order valence-corrected chi connectivity index (χ3v) is 3.65. The molecular weight excluding hydrogens is 250 g/mol. The Kier molecular flexibility index (Phi) is 8.12. The van der Waals surface area contributed by atoms with Gasteiger partial charge in [0.05, 0.1) is 13.2 Å². The van der Waals surface area contributed by atoms with Gasteiger partial charge in [-0.2, -0.15) is 0 Å². The third kappa shape index (κ3) is 5.41. The molecule has 1 N–H and O–H groups in total. The Morgan fingerprint density at radius 2 is 1.70 bits per heavy atom. The molecule has 0 aliphatic rings. The number of rotatable bonds is 10. The highest BCUT2D eigenvalue weighted by atomic mass is 16.5. The molecule has 0 saturated heterocycles. The van der Waals surface area contributed by atoms with Crippen molar-refractivity contribution in [1.82, 2.24) is 5.32 Å². The molecule has 2 unspecified atom stereocenters. The van der Waals surface area contributed by atoms with Crippen molar-refractivity contribution in [2.75, 3.05) is 19.8 Å². The van der Waals surface area contributed by atoms with E-state index in [2.05, 4.69) is 26.1 Å². The van der Waals surface area contributed by atoms with Crippen molar-refractivity contribution in [1.29, 1.82) is 0 Å². The van der Waals surface area contributed by atoms with Crippen LogP contribution >= 0.6 is 0 Å². The molecular formula is C17H29NO2. The zero-order valence-corrected chi connectivity index (χ0v) is 13.3. The van der Waals surface area contributed by atoms with E-state index >= 15 is 0 Å². The van der Waals surface area contributed by atoms with Crippen LogP contribution in [0, 0.1) is 5.92 Å². The van der Waals surface area contributed by atoms with Gasteiger partial charge >= 0.3 is 0 Å². The molecule has 2 atom stereocenters. The summed E-state index contributed by atoms with van der Waals surface area (Å²) in [5, 5.41) is 3.50. The molecule has 0 bridgehead atoms. The van der Waals surface area contributed by atoms with E-state index in [9.17, 15) is 0 Å². The fourth-order valence-electron chi connectivity index (χ4n) is 2.46. The summed E-state index contributed by atoms with van der Waals surface area (Å²) >= 11 is 0. The molecule has 0 spiro atoms. The lowest BCUT2D eigenvalue weighted by molar-refractivity contribution is 0.235. The standard InChI is InChI=1S/C17H29NO2/c1-5-15(14(4)18-6-2)12-13-20-17-11-9-8-10-16(17)19-7-3/h8-11,14-15,18H,5-7,12-13H2,1-4H3. The first-order valence-electron chi connectivity index (χ1n) is 7.80. The SMILES string of the molecule is CCNC(C)C(CC)CCOc1ccccc1OCC. The molecule has 0 fully saturated rings. The van der Waals surface area contributed by atoms with Gasteiger partial charge in [-0.05, 0) is 44.9 Å². The smallest absolute Gasteiger partial charge is 0.161 e. The molecule has 3 nitrogen and oxygen atoms in total. The van der Waals surface area contributed by atoms with Gasteiger partial charge in [0.2, 0.25) is 0 Å². The zero-order valence-electron chi connectivity index (χ0n) is 13.3. The second-order valence-corrected chi connectivity index (χ2v) is 5.03. The molecule has 0 aliphatic heterocycles. The van der Waals surface area contributed by atoms with Crippen LogP contribution in [0.3, 0.4) is 0 Å². The molecule has 0 radical (unpaired) electrons. The van der Waals surface area contributed by atoms with Crippen LogP contribution in [0.2, 0.25) is 0 Å². The summed E-state index contributed by atoms with van der Waals surface area (Å²) in [5.74, 6) is 2.33. The normalized spacial score (nSPS) is 13.8. The number of benzene rings is 1. The average Bonchev–Trinajstić information content (AvgIpc) is 2.45. The van der Waals surface area contributed by atoms with Crippen molar-refractivity contribution >= 4 is 0 Å². The fourth-order valence-corrected chi connectivity index (χ4v) is 2.46. The van der Waals surface area contributed by atoms with Gasteiger partial charge in [-0.1, -0.05) is 32.4 Å². The van der Waals surface area contributed by atoms with Crippen LogP contribution in [0.4, 0.5) is 0 Å². The Labute approximate surface area is 123 Å². The minimum atomic E-state index is 0.538. The lowest BCUT2D eigenvalue weighted by atomic mass is 9.95. The molecule has 0 saturated carbocycles. The highest BCUT2D eigenvalue weighted by Crippen LogP contribution is 2.27. The van der Waals surface area contributed by atoms with E-state index in [1.165, 1.54) is 6.42 Å². The first kappa shape index (κ1) is 16.8. The highest BCUT2D eigenvalue weighted by molar-refractivity contribution is 5.39. The largest absolute Gasteiger partial charge is 0.490 e. The maximum atomic E-state index is 5.90. The van der Waals surface area contributed by atoms with E-state index in [-0.39, 0.29) is 0 Å². The second-order valence-electron chi connectivity index (χ2n) is 5.03. The lowest BCUT2D eigenvalue weighted by Crippen LogP contribution is -2.33. The quantitative estimate of drug-likeness (QED) is 0.705. The molecule has 0 amide bonds. The molecule has 1 rings (SSSR count). The Hall–Kier alpha value is -1.22. The van der Waals surface area contributed by atoms with Crippen molar-refractivity contribution in [3.63, 3.8) is 0 Å². The van der Waals surface area contributed by atoms with E-state index in [0.717, 1.165) is 31.1 Å². The summed E-state index contributed by atoms with van der Waals surface area (Å²) in [6, 6.07) is 8.42. The molecule has 114 valence electrons. The minimum absolute atomic E-state index is 0.538. The summed E-state index contributed by atoms with van der Waals surface area (Å²) in [7, 11) is 0. The second kappa shape index (κ2) is 9.65. The van der Waals surface area contributed by atoms with Crippen molar-refractivity contribution in [3.8, 4) is 11.5 Å². The van der Waals surface area contributed by atoms with Gasteiger partial charge in [0.1, 0.15) is 0 Å². The monoisotopic (exact) mass is 279 g/mol. The van der Waals surface area contributed by atoms with Gasteiger partial charge in [0.25, 0.3) is 0 Å². The molecule has 1 aromatic carbocycles. The average molecular weight is 279 g/mol. The molecule has 1 aromatic rings. The van der Waals surface area contributed by atoms with Crippen molar-refractivity contribution in [2.24, 2.45) is 5.92 Å². The van der Waals surface area contributed by atoms with Crippen LogP contribution in [0.5, 0.6) is 11.5 Å². The number of hydrogen-bond acceptors (Lipinski definition) is 3. The van der Waals surface area contributed by atoms with Crippen molar-refractivity contribution < 1.29 is 9.47 Å². The van der Waals surface area contributed by atoms with E-state index in [1.807, 2.05) is 31.2 Å². The summed E-state index contributed by atoms with van der Waals surface area (Å²) < 4.78 is 11.5. The first-order chi connectivity index (χ1) is 9.72. The maximum Gasteiger partial charge on any atom is 0.161 e. The highest BCUT2D eigenvalue weighted by Gasteiger charge is 2.14. The number of nitrogens with one attached hydrogen (secondary N) is 1. The van der Waals surface area contributed by atoms with Gasteiger partial charge in [-0.15, -0.1) is 0 Å². The third-order valence-electron chi connectivity index (χ3n) is 3.65. The van der Waals surface area contributed by atoms with Crippen molar-refractivity contribution in [2.45, 2.75) is 46.6 Å². The van der Waals surface area contributed by atoms with Crippen LogP contribution in [-0.2, 0) is 0 Å². The van der Waals surface area contributed by atoms with Gasteiger partial charge in [-0.3, -0.25) is 0 Å². The van der Waals surface area contributed by atoms with E-state index in [1.54, 1.807) is 0 Å². The number of hydrogen-bond donors (Lipinski definition) is 1. The molecule has 0 aliphatic carbocycles. The number of para-hydroxylation sites is 2. The van der Waals surface area contributed by atoms with E-state index in [4.69, 9.17) is 9.47 Å². The topological polar surface area (TPSA) is 30.5 Å². The van der Waals surface area contributed by atoms with E-state index < -0.39 is 0 Å². The zero-order chi connectivity index (χ0) is 14.8. The lowest BCUT2D eigenvalue weighted by Gasteiger charge is -2.23. The minimum Gasteiger partial charge on any atom is -0.490 e. The van der Waals surface area contributed by atoms with Crippen LogP contribution in [0.25, 0.3) is 0 Å². The van der Waals surface area contributed by atoms with Crippen LogP contribution < -0.4 is 14.8 Å². The van der Waals surface area contributed by atoms with Crippen LogP contribution in [0.1, 0.15) is 40.5 Å². The molecule has 20 heavy (non-hydrogen) atoms. The van der Waals surface area contributed by atoms with Crippen molar-refractivity contribution in [3.05, 3.63) is 24.3 Å². The summed E-state index contributed by atoms with van der Waals surface area (Å²) in [4.78, 5) is 0. The van der Waals surface area contributed by atoms with Crippen LogP contribution in [0.15, 0.2) is 24.3 Å². The Morgan fingerprint density at radius 3 is 2.25 bits per heavy atom.